The van der Waals surface area contributed by atoms with Gasteiger partial charge < -0.3 is 9.64 Å². The first kappa shape index (κ1) is 19.0. The molecule has 1 fully saturated rings. The Hall–Kier alpha value is -1.76. The number of nitrogens with zero attached hydrogens (tertiary/aromatic N) is 3. The van der Waals surface area contributed by atoms with Gasteiger partial charge in [-0.05, 0) is 31.0 Å². The van der Waals surface area contributed by atoms with Gasteiger partial charge in [-0.2, -0.15) is 9.78 Å². The molecule has 0 unspecified atom stereocenters. The number of rotatable bonds is 3. The summed E-state index contributed by atoms with van der Waals surface area (Å²) in [6, 6.07) is 4.74. The van der Waals surface area contributed by atoms with Gasteiger partial charge >= 0.3 is 5.97 Å². The van der Waals surface area contributed by atoms with E-state index in [9.17, 15) is 9.59 Å². The molecule has 1 atom stereocenters. The summed E-state index contributed by atoms with van der Waals surface area (Å²) < 4.78 is 5.95. The van der Waals surface area contributed by atoms with Gasteiger partial charge in [0.15, 0.2) is 0 Å². The van der Waals surface area contributed by atoms with Crippen LogP contribution in [0.4, 0.5) is 5.69 Å². The van der Waals surface area contributed by atoms with E-state index in [2.05, 4.69) is 5.10 Å². The summed E-state index contributed by atoms with van der Waals surface area (Å²) in [6.07, 6.45) is 3.04. The molecule has 0 saturated carbocycles. The standard InChI is InChI=1S/C17H16Cl3N3O3/c1-26-17(25)10-3-2-6-22(9-10)14-8-21-23(16(24)15(14)20)13-5-4-11(18)7-12(13)19/h4-5,7-8,10H,2-3,6,9H2,1H3/t10-/m0/s1. The second-order valence-electron chi connectivity index (χ2n) is 5.96. The van der Waals surface area contributed by atoms with Crippen molar-refractivity contribution < 1.29 is 9.53 Å². The Labute approximate surface area is 165 Å². The number of carbonyl (C=O) groups excluding carboxylic acids is 1. The van der Waals surface area contributed by atoms with E-state index in [4.69, 9.17) is 39.5 Å². The van der Waals surface area contributed by atoms with Crippen molar-refractivity contribution in [1.82, 2.24) is 9.78 Å². The molecule has 26 heavy (non-hydrogen) atoms. The van der Waals surface area contributed by atoms with Gasteiger partial charge in [0.25, 0.3) is 5.56 Å². The third-order valence-corrected chi connectivity index (χ3v) is 5.23. The molecule has 0 N–H and O–H groups in total. The number of ether oxygens (including phenoxy) is 1. The molecule has 0 amide bonds. The van der Waals surface area contributed by atoms with Crippen LogP contribution in [-0.4, -0.2) is 35.9 Å². The van der Waals surface area contributed by atoms with Gasteiger partial charge in [0.05, 0.1) is 35.6 Å². The monoisotopic (exact) mass is 415 g/mol. The molecule has 1 aromatic heterocycles. The topological polar surface area (TPSA) is 64.4 Å². The lowest BCUT2D eigenvalue weighted by atomic mass is 9.98. The second-order valence-corrected chi connectivity index (χ2v) is 7.19. The highest BCUT2D eigenvalue weighted by Gasteiger charge is 2.28. The molecule has 1 aliphatic rings. The summed E-state index contributed by atoms with van der Waals surface area (Å²) in [5, 5.41) is 4.97. The van der Waals surface area contributed by atoms with Crippen molar-refractivity contribution in [3.8, 4) is 5.69 Å². The van der Waals surface area contributed by atoms with Crippen LogP contribution in [0.2, 0.25) is 15.1 Å². The Balaban J connectivity index is 1.95. The third kappa shape index (κ3) is 3.68. The lowest BCUT2D eigenvalue weighted by Gasteiger charge is -2.33. The highest BCUT2D eigenvalue weighted by atomic mass is 35.5. The molecule has 9 heteroatoms. The van der Waals surface area contributed by atoms with Gasteiger partial charge in [-0.15, -0.1) is 0 Å². The van der Waals surface area contributed by atoms with Crippen molar-refractivity contribution in [3.63, 3.8) is 0 Å². The highest BCUT2D eigenvalue weighted by molar-refractivity contribution is 6.36. The Bertz CT molecular complexity index is 901. The zero-order valence-corrected chi connectivity index (χ0v) is 16.2. The first-order valence-electron chi connectivity index (χ1n) is 7.98. The molecule has 1 aliphatic heterocycles. The van der Waals surface area contributed by atoms with Gasteiger partial charge in [-0.25, -0.2) is 0 Å². The minimum absolute atomic E-state index is 0.0246. The number of anilines is 1. The van der Waals surface area contributed by atoms with Crippen molar-refractivity contribution in [2.24, 2.45) is 5.92 Å². The Morgan fingerprint density at radius 1 is 1.27 bits per heavy atom. The summed E-state index contributed by atoms with van der Waals surface area (Å²) in [4.78, 5) is 26.4. The Kier molecular flexibility index (Phi) is 5.75. The normalized spacial score (nSPS) is 17.2. The number of aromatic nitrogens is 2. The van der Waals surface area contributed by atoms with Crippen molar-refractivity contribution >= 4 is 46.5 Å². The molecular formula is C17H16Cl3N3O3. The van der Waals surface area contributed by atoms with Gasteiger partial charge in [0, 0.05) is 18.1 Å². The second kappa shape index (κ2) is 7.86. The van der Waals surface area contributed by atoms with Crippen LogP contribution >= 0.6 is 34.8 Å². The molecule has 2 aromatic rings. The van der Waals surface area contributed by atoms with Crippen LogP contribution in [0.1, 0.15) is 12.8 Å². The summed E-state index contributed by atoms with van der Waals surface area (Å²) in [7, 11) is 1.37. The molecule has 138 valence electrons. The van der Waals surface area contributed by atoms with Gasteiger partial charge in [0.1, 0.15) is 5.02 Å². The van der Waals surface area contributed by atoms with E-state index in [1.807, 2.05) is 4.90 Å². The Morgan fingerprint density at radius 3 is 2.73 bits per heavy atom. The van der Waals surface area contributed by atoms with E-state index in [1.165, 1.54) is 19.4 Å². The van der Waals surface area contributed by atoms with Gasteiger partial charge in [0.2, 0.25) is 0 Å². The smallest absolute Gasteiger partial charge is 0.310 e. The van der Waals surface area contributed by atoms with Crippen molar-refractivity contribution in [2.75, 3.05) is 25.1 Å². The Morgan fingerprint density at radius 2 is 2.04 bits per heavy atom. The van der Waals surface area contributed by atoms with Crippen molar-refractivity contribution in [1.29, 1.82) is 0 Å². The van der Waals surface area contributed by atoms with Crippen LogP contribution in [0.25, 0.3) is 5.69 Å². The quantitative estimate of drug-likeness (QED) is 0.716. The summed E-state index contributed by atoms with van der Waals surface area (Å²) in [6.45, 7) is 1.11. The molecule has 0 radical (unpaired) electrons. The maximum absolute atomic E-state index is 12.7. The minimum atomic E-state index is -0.492. The first-order valence-corrected chi connectivity index (χ1v) is 9.11. The summed E-state index contributed by atoms with van der Waals surface area (Å²) in [5.41, 5.74) is 0.390. The number of carbonyl (C=O) groups is 1. The van der Waals surface area contributed by atoms with Gasteiger partial charge in [-0.1, -0.05) is 34.8 Å². The van der Waals surface area contributed by atoms with Crippen LogP contribution in [0.15, 0.2) is 29.2 Å². The summed E-state index contributed by atoms with van der Waals surface area (Å²) in [5.74, 6) is -0.516. The predicted molar refractivity (Wildman–Crippen MR) is 102 cm³/mol. The molecule has 2 heterocycles. The number of benzene rings is 1. The number of halogens is 3. The van der Waals surface area contributed by atoms with Crippen LogP contribution in [0, 0.1) is 5.92 Å². The molecular weight excluding hydrogens is 401 g/mol. The lowest BCUT2D eigenvalue weighted by molar-refractivity contribution is -0.145. The molecule has 1 aromatic carbocycles. The SMILES string of the molecule is COC(=O)[C@H]1CCCN(c2cnn(-c3ccc(Cl)cc3Cl)c(=O)c2Cl)C1. The van der Waals surface area contributed by atoms with E-state index >= 15 is 0 Å². The predicted octanol–water partition coefficient (Wildman–Crippen LogP) is 3.58. The van der Waals surface area contributed by atoms with Crippen LogP contribution in [0.5, 0.6) is 0 Å². The fourth-order valence-corrected chi connectivity index (χ4v) is 3.76. The third-order valence-electron chi connectivity index (χ3n) is 4.34. The first-order chi connectivity index (χ1) is 12.4. The van der Waals surface area contributed by atoms with E-state index in [1.54, 1.807) is 12.1 Å². The maximum atomic E-state index is 12.7. The van der Waals surface area contributed by atoms with E-state index < -0.39 is 5.56 Å². The molecule has 0 aliphatic carbocycles. The van der Waals surface area contributed by atoms with Crippen LogP contribution < -0.4 is 10.5 Å². The number of hydrogen-bond donors (Lipinski definition) is 0. The molecule has 3 rings (SSSR count). The fourth-order valence-electron chi connectivity index (χ4n) is 3.02. The number of piperidine rings is 1. The van der Waals surface area contributed by atoms with E-state index in [0.717, 1.165) is 17.5 Å². The summed E-state index contributed by atoms with van der Waals surface area (Å²) >= 11 is 18.4. The zero-order chi connectivity index (χ0) is 18.8. The van der Waals surface area contributed by atoms with Crippen LogP contribution in [0.3, 0.4) is 0 Å². The zero-order valence-electron chi connectivity index (χ0n) is 13.9. The van der Waals surface area contributed by atoms with Crippen molar-refractivity contribution in [2.45, 2.75) is 12.8 Å². The minimum Gasteiger partial charge on any atom is -0.469 e. The average Bonchev–Trinajstić information content (AvgIpc) is 2.64. The fraction of sp³-hybridized carbons (Fsp3) is 0.353. The highest BCUT2D eigenvalue weighted by Crippen LogP contribution is 2.29. The van der Waals surface area contributed by atoms with E-state index in [0.29, 0.717) is 34.5 Å². The number of hydrogen-bond acceptors (Lipinski definition) is 5. The largest absolute Gasteiger partial charge is 0.469 e. The molecule has 6 nitrogen and oxygen atoms in total. The maximum Gasteiger partial charge on any atom is 0.310 e. The molecule has 1 saturated heterocycles. The van der Waals surface area contributed by atoms with Gasteiger partial charge in [-0.3, -0.25) is 9.59 Å². The number of esters is 1. The van der Waals surface area contributed by atoms with Crippen molar-refractivity contribution in [3.05, 3.63) is 49.8 Å². The average molecular weight is 417 g/mol. The van der Waals surface area contributed by atoms with E-state index in [-0.39, 0.29) is 16.9 Å². The molecule has 0 bridgehead atoms. The van der Waals surface area contributed by atoms with Crippen LogP contribution in [-0.2, 0) is 9.53 Å². The lowest BCUT2D eigenvalue weighted by Crippen LogP contribution is -2.40. The number of methoxy groups -OCH3 is 1. The molecule has 0 spiro atoms.